The summed E-state index contributed by atoms with van der Waals surface area (Å²) in [6.45, 7) is 3.02. The van der Waals surface area contributed by atoms with E-state index in [1.807, 2.05) is 12.1 Å². The van der Waals surface area contributed by atoms with Crippen LogP contribution in [0.2, 0.25) is 4.34 Å². The molecule has 2 fully saturated rings. The van der Waals surface area contributed by atoms with Crippen LogP contribution in [0.15, 0.2) is 12.1 Å². The van der Waals surface area contributed by atoms with Crippen LogP contribution in [0.4, 0.5) is 0 Å². The zero-order valence-electron chi connectivity index (χ0n) is 11.2. The number of rotatable bonds is 2. The van der Waals surface area contributed by atoms with E-state index in [-0.39, 0.29) is 24.4 Å². The second-order valence-electron chi connectivity index (χ2n) is 5.24. The lowest BCUT2D eigenvalue weighted by Gasteiger charge is -2.45. The second-order valence-corrected chi connectivity index (χ2v) is 7.04. The molecule has 0 unspecified atom stereocenters. The molecule has 20 heavy (non-hydrogen) atoms. The number of fused-ring (bicyclic) bond motifs is 1. The van der Waals surface area contributed by atoms with Crippen LogP contribution >= 0.6 is 22.9 Å². The van der Waals surface area contributed by atoms with Crippen LogP contribution in [-0.2, 0) is 16.1 Å². The molecule has 3 heterocycles. The fourth-order valence-electron chi connectivity index (χ4n) is 2.78. The molecule has 0 saturated carbocycles. The molecule has 1 aromatic heterocycles. The summed E-state index contributed by atoms with van der Waals surface area (Å²) in [6.07, 6.45) is 0. The number of piperazine rings is 2. The molecule has 1 aromatic rings. The predicted octanol–water partition coefficient (Wildman–Crippen LogP) is 0.886. The smallest absolute Gasteiger partial charge is 0.246 e. The molecule has 0 N–H and O–H groups in total. The topological polar surface area (TPSA) is 43.9 Å². The summed E-state index contributed by atoms with van der Waals surface area (Å²) < 4.78 is 0.780. The van der Waals surface area contributed by atoms with Gasteiger partial charge in [0.25, 0.3) is 0 Å². The number of amides is 2. The predicted molar refractivity (Wildman–Crippen MR) is 77.7 cm³/mol. The van der Waals surface area contributed by atoms with Crippen LogP contribution in [-0.4, -0.2) is 65.8 Å². The Kier molecular flexibility index (Phi) is 3.70. The highest BCUT2D eigenvalue weighted by molar-refractivity contribution is 7.16. The van der Waals surface area contributed by atoms with Crippen LogP contribution in [0.25, 0.3) is 0 Å². The molecule has 0 radical (unpaired) electrons. The standard InChI is InChI=1S/C13H16ClN3O2S/c1-15-8-12(18)17-5-4-16(7-10(17)13(15)19)6-9-2-3-11(14)20-9/h2-3,10H,4-8H2,1H3/t10-/m1/s1. The molecule has 1 atom stereocenters. The molecular formula is C13H16ClN3O2S. The molecule has 0 spiro atoms. The van der Waals surface area contributed by atoms with E-state index in [1.54, 1.807) is 23.3 Å². The van der Waals surface area contributed by atoms with Gasteiger partial charge >= 0.3 is 0 Å². The van der Waals surface area contributed by atoms with Crippen molar-refractivity contribution in [3.8, 4) is 0 Å². The maximum absolute atomic E-state index is 12.2. The Balaban J connectivity index is 1.70. The fraction of sp³-hybridized carbons (Fsp3) is 0.538. The highest BCUT2D eigenvalue weighted by Gasteiger charge is 2.41. The minimum Gasteiger partial charge on any atom is -0.335 e. The van der Waals surface area contributed by atoms with Gasteiger partial charge in [-0.2, -0.15) is 0 Å². The number of thiophene rings is 1. The van der Waals surface area contributed by atoms with Gasteiger partial charge in [0.15, 0.2) is 0 Å². The van der Waals surface area contributed by atoms with E-state index in [2.05, 4.69) is 4.90 Å². The second kappa shape index (κ2) is 5.35. The van der Waals surface area contributed by atoms with Gasteiger partial charge in [-0.15, -0.1) is 11.3 Å². The Labute approximate surface area is 126 Å². The van der Waals surface area contributed by atoms with Gasteiger partial charge in [-0.25, -0.2) is 0 Å². The van der Waals surface area contributed by atoms with Crippen molar-refractivity contribution in [2.75, 3.05) is 33.2 Å². The molecule has 2 aliphatic rings. The first-order chi connectivity index (χ1) is 9.54. The highest BCUT2D eigenvalue weighted by atomic mass is 35.5. The van der Waals surface area contributed by atoms with Gasteiger partial charge in [0.2, 0.25) is 11.8 Å². The molecule has 3 rings (SSSR count). The van der Waals surface area contributed by atoms with Gasteiger partial charge < -0.3 is 9.80 Å². The molecule has 2 saturated heterocycles. The van der Waals surface area contributed by atoms with Crippen LogP contribution in [0, 0.1) is 0 Å². The number of carbonyl (C=O) groups excluding carboxylic acids is 2. The summed E-state index contributed by atoms with van der Waals surface area (Å²) in [5, 5.41) is 0. The van der Waals surface area contributed by atoms with Gasteiger partial charge in [-0.3, -0.25) is 14.5 Å². The van der Waals surface area contributed by atoms with E-state index < -0.39 is 0 Å². The Hall–Kier alpha value is -1.11. The minimum absolute atomic E-state index is 0.0403. The minimum atomic E-state index is -0.328. The molecule has 2 amide bonds. The maximum Gasteiger partial charge on any atom is 0.246 e. The lowest BCUT2D eigenvalue weighted by atomic mass is 10.1. The normalized spacial score (nSPS) is 24.2. The van der Waals surface area contributed by atoms with Gasteiger partial charge in [0, 0.05) is 38.1 Å². The van der Waals surface area contributed by atoms with Crippen molar-refractivity contribution in [3.63, 3.8) is 0 Å². The van der Waals surface area contributed by atoms with Crippen molar-refractivity contribution in [1.29, 1.82) is 0 Å². The van der Waals surface area contributed by atoms with Crippen molar-refractivity contribution in [2.24, 2.45) is 0 Å². The van der Waals surface area contributed by atoms with E-state index in [0.717, 1.165) is 17.4 Å². The van der Waals surface area contributed by atoms with E-state index >= 15 is 0 Å². The van der Waals surface area contributed by atoms with Gasteiger partial charge in [-0.1, -0.05) is 11.6 Å². The molecule has 2 aliphatic heterocycles. The third-order valence-corrected chi connectivity index (χ3v) is 5.04. The number of nitrogens with zero attached hydrogens (tertiary/aromatic N) is 3. The first-order valence-electron chi connectivity index (χ1n) is 6.55. The van der Waals surface area contributed by atoms with Gasteiger partial charge in [-0.05, 0) is 12.1 Å². The number of hydrogen-bond acceptors (Lipinski definition) is 4. The Bertz CT molecular complexity index is 547. The molecule has 0 aliphatic carbocycles. The number of hydrogen-bond donors (Lipinski definition) is 0. The van der Waals surface area contributed by atoms with E-state index in [4.69, 9.17) is 11.6 Å². The quantitative estimate of drug-likeness (QED) is 0.814. The summed E-state index contributed by atoms with van der Waals surface area (Å²) in [7, 11) is 1.69. The molecule has 108 valence electrons. The van der Waals surface area contributed by atoms with Crippen LogP contribution in [0.5, 0.6) is 0 Å². The lowest BCUT2D eigenvalue weighted by molar-refractivity contribution is -0.158. The first kappa shape index (κ1) is 13.9. The SMILES string of the molecule is CN1CC(=O)N2CCN(Cc3ccc(Cl)s3)C[C@@H]2C1=O. The van der Waals surface area contributed by atoms with Crippen LogP contribution < -0.4 is 0 Å². The summed E-state index contributed by atoms with van der Waals surface area (Å²) in [5.41, 5.74) is 0. The van der Waals surface area contributed by atoms with Crippen LogP contribution in [0.3, 0.4) is 0 Å². The molecular weight excluding hydrogens is 298 g/mol. The molecule has 0 bridgehead atoms. The average molecular weight is 314 g/mol. The third kappa shape index (κ3) is 2.55. The van der Waals surface area contributed by atoms with Crippen molar-refractivity contribution in [2.45, 2.75) is 12.6 Å². The Morgan fingerprint density at radius 3 is 2.85 bits per heavy atom. The summed E-state index contributed by atoms with van der Waals surface area (Å²) >= 11 is 7.50. The van der Waals surface area contributed by atoms with Crippen molar-refractivity contribution < 1.29 is 9.59 Å². The van der Waals surface area contributed by atoms with Crippen molar-refractivity contribution >= 4 is 34.8 Å². The maximum atomic E-state index is 12.2. The Morgan fingerprint density at radius 1 is 1.35 bits per heavy atom. The summed E-state index contributed by atoms with van der Waals surface area (Å²) in [4.78, 5) is 30.8. The lowest BCUT2D eigenvalue weighted by Crippen LogP contribution is -2.65. The fourth-order valence-corrected chi connectivity index (χ4v) is 3.91. The van der Waals surface area contributed by atoms with Gasteiger partial charge in [0.1, 0.15) is 6.04 Å². The van der Waals surface area contributed by atoms with Crippen LogP contribution in [0.1, 0.15) is 4.88 Å². The number of carbonyl (C=O) groups is 2. The monoisotopic (exact) mass is 313 g/mol. The first-order valence-corrected chi connectivity index (χ1v) is 7.75. The zero-order valence-corrected chi connectivity index (χ0v) is 12.8. The number of halogens is 1. The average Bonchev–Trinajstić information content (AvgIpc) is 2.81. The van der Waals surface area contributed by atoms with Gasteiger partial charge in [0.05, 0.1) is 10.9 Å². The molecule has 7 heteroatoms. The largest absolute Gasteiger partial charge is 0.335 e. The number of likely N-dealkylation sites (N-methyl/N-ethyl adjacent to an activating group) is 1. The summed E-state index contributed by atoms with van der Waals surface area (Å²) in [6, 6.07) is 3.57. The third-order valence-electron chi connectivity index (χ3n) is 3.83. The molecule has 5 nitrogen and oxygen atoms in total. The van der Waals surface area contributed by atoms with E-state index in [9.17, 15) is 9.59 Å². The van der Waals surface area contributed by atoms with Crippen molar-refractivity contribution in [3.05, 3.63) is 21.3 Å². The summed E-state index contributed by atoms with van der Waals surface area (Å²) in [5.74, 6) is 0.0921. The Morgan fingerprint density at radius 2 is 2.15 bits per heavy atom. The van der Waals surface area contributed by atoms with E-state index in [0.29, 0.717) is 13.1 Å². The molecule has 0 aromatic carbocycles. The highest BCUT2D eigenvalue weighted by Crippen LogP contribution is 2.24. The van der Waals surface area contributed by atoms with E-state index in [1.165, 1.54) is 9.78 Å². The van der Waals surface area contributed by atoms with Crippen molar-refractivity contribution in [1.82, 2.24) is 14.7 Å². The zero-order chi connectivity index (χ0) is 14.3.